The van der Waals surface area contributed by atoms with E-state index in [-0.39, 0.29) is 36.4 Å². The fourth-order valence-electron chi connectivity index (χ4n) is 5.43. The van der Waals surface area contributed by atoms with Gasteiger partial charge in [-0.3, -0.25) is 14.5 Å². The predicted molar refractivity (Wildman–Crippen MR) is 150 cm³/mol. The second kappa shape index (κ2) is 15.7. The molecule has 0 amide bonds. The van der Waals surface area contributed by atoms with Crippen molar-refractivity contribution in [3.05, 3.63) is 72.3 Å². The highest BCUT2D eigenvalue weighted by molar-refractivity contribution is 5.87. The van der Waals surface area contributed by atoms with Gasteiger partial charge in [0.15, 0.2) is 5.78 Å². The first-order chi connectivity index (χ1) is 19.2. The van der Waals surface area contributed by atoms with E-state index in [0.717, 1.165) is 31.5 Å². The maximum atomic E-state index is 13.2. The van der Waals surface area contributed by atoms with Gasteiger partial charge in [0.1, 0.15) is 6.61 Å². The summed E-state index contributed by atoms with van der Waals surface area (Å²) in [5.41, 5.74) is 3.47. The van der Waals surface area contributed by atoms with Crippen LogP contribution in [0, 0.1) is 5.92 Å². The normalized spacial score (nSPS) is 22.0. The second-order valence-corrected chi connectivity index (χ2v) is 10.1. The Kier molecular flexibility index (Phi) is 11.7. The zero-order valence-corrected chi connectivity index (χ0v) is 23.0. The molecule has 0 N–H and O–H groups in total. The number of methoxy groups -OCH3 is 1. The lowest BCUT2D eigenvalue weighted by Gasteiger charge is -2.35. The summed E-state index contributed by atoms with van der Waals surface area (Å²) < 4.78 is 22.0. The second-order valence-electron chi connectivity index (χ2n) is 10.1. The van der Waals surface area contributed by atoms with Gasteiger partial charge in [0.25, 0.3) is 0 Å². The number of rotatable bonds is 14. The fraction of sp³-hybridized carbons (Fsp3) is 0.500. The molecular weight excluding hydrogens is 494 g/mol. The minimum absolute atomic E-state index is 0.108. The highest BCUT2D eigenvalue weighted by atomic mass is 16.6. The van der Waals surface area contributed by atoms with Crippen molar-refractivity contribution in [3.8, 4) is 11.1 Å². The fourth-order valence-corrected chi connectivity index (χ4v) is 5.43. The van der Waals surface area contributed by atoms with Crippen molar-refractivity contribution in [1.29, 1.82) is 0 Å². The van der Waals surface area contributed by atoms with Gasteiger partial charge in [-0.1, -0.05) is 66.7 Å². The van der Waals surface area contributed by atoms with E-state index in [0.29, 0.717) is 45.7 Å². The number of nitrogens with zero attached hydrogens (tertiary/aromatic N) is 1. The molecule has 0 bridgehead atoms. The van der Waals surface area contributed by atoms with E-state index in [1.165, 1.54) is 11.1 Å². The number of ketones is 1. The van der Waals surface area contributed by atoms with E-state index in [2.05, 4.69) is 47.4 Å². The highest BCUT2D eigenvalue weighted by Crippen LogP contribution is 2.35. The number of carbonyl (C=O) groups is 2. The summed E-state index contributed by atoms with van der Waals surface area (Å²) in [5.74, 6) is 0.188. The molecule has 3 atom stereocenters. The van der Waals surface area contributed by atoms with Crippen molar-refractivity contribution in [1.82, 2.24) is 4.90 Å². The molecule has 39 heavy (non-hydrogen) atoms. The van der Waals surface area contributed by atoms with Crippen molar-refractivity contribution in [2.75, 3.05) is 46.6 Å². The Labute approximate surface area is 232 Å². The Hall–Kier alpha value is -2.84. The third-order valence-corrected chi connectivity index (χ3v) is 7.48. The summed E-state index contributed by atoms with van der Waals surface area (Å²) in [6, 6.07) is 18.7. The Balaban J connectivity index is 1.31. The molecule has 4 rings (SSSR count). The molecule has 1 aliphatic heterocycles. The molecule has 0 aromatic heterocycles. The summed E-state index contributed by atoms with van der Waals surface area (Å²) in [6.07, 6.45) is 7.18. The van der Waals surface area contributed by atoms with E-state index in [1.807, 2.05) is 24.3 Å². The van der Waals surface area contributed by atoms with Gasteiger partial charge in [0.05, 0.1) is 38.6 Å². The van der Waals surface area contributed by atoms with Crippen LogP contribution in [0.15, 0.2) is 66.7 Å². The zero-order chi connectivity index (χ0) is 27.3. The maximum absolute atomic E-state index is 13.2. The van der Waals surface area contributed by atoms with Crippen LogP contribution in [0.1, 0.15) is 37.7 Å². The van der Waals surface area contributed by atoms with Crippen molar-refractivity contribution in [2.24, 2.45) is 5.92 Å². The third kappa shape index (κ3) is 8.83. The standard InChI is InChI=1S/C32H41NO6/c1-36-21-22-38-31(35)12-8-3-2-7-11-28-30(23-29(34)32(28)33-17-19-37-20-18-33)39-24-25-13-15-27(16-14-25)26-9-5-4-6-10-26/h2-6,9-10,13-16,28,30,32H,7-8,11-12,17-24H2,1H3/b3-2-/t28?,30-,32+/m0/s1. The van der Waals surface area contributed by atoms with Gasteiger partial charge in [-0.2, -0.15) is 0 Å². The molecule has 1 unspecified atom stereocenters. The Morgan fingerprint density at radius 2 is 1.69 bits per heavy atom. The molecule has 2 aromatic rings. The average molecular weight is 536 g/mol. The van der Waals surface area contributed by atoms with Crippen molar-refractivity contribution >= 4 is 11.8 Å². The topological polar surface area (TPSA) is 74.3 Å². The molecule has 2 fully saturated rings. The lowest BCUT2D eigenvalue weighted by molar-refractivity contribution is -0.144. The van der Waals surface area contributed by atoms with Gasteiger partial charge in [-0.05, 0) is 36.0 Å². The summed E-state index contributed by atoms with van der Waals surface area (Å²) in [7, 11) is 1.58. The molecule has 1 heterocycles. The minimum Gasteiger partial charge on any atom is -0.463 e. The predicted octanol–water partition coefficient (Wildman–Crippen LogP) is 4.83. The van der Waals surface area contributed by atoms with Crippen LogP contribution in [0.2, 0.25) is 0 Å². The number of benzene rings is 2. The van der Waals surface area contributed by atoms with Crippen molar-refractivity contribution in [3.63, 3.8) is 0 Å². The minimum atomic E-state index is -0.212. The summed E-state index contributed by atoms with van der Waals surface area (Å²) in [4.78, 5) is 27.2. The first-order valence-electron chi connectivity index (χ1n) is 14.1. The van der Waals surface area contributed by atoms with Gasteiger partial charge in [0, 0.05) is 39.0 Å². The number of Topliss-reactive ketones (excluding diaryl/α,β-unsaturated/α-hetero) is 1. The number of hydrogen-bond acceptors (Lipinski definition) is 7. The number of morpholine rings is 1. The monoisotopic (exact) mass is 535 g/mol. The number of hydrogen-bond donors (Lipinski definition) is 0. The molecular formula is C32H41NO6. The van der Waals surface area contributed by atoms with Gasteiger partial charge in [-0.15, -0.1) is 0 Å². The summed E-state index contributed by atoms with van der Waals surface area (Å²) >= 11 is 0. The summed E-state index contributed by atoms with van der Waals surface area (Å²) in [5, 5.41) is 0. The molecule has 7 nitrogen and oxygen atoms in total. The zero-order valence-electron chi connectivity index (χ0n) is 23.0. The SMILES string of the molecule is COCCOC(=O)CC/C=C\CCC1[C@@H](OCc2ccc(-c3ccccc3)cc2)CC(=O)[C@@H]1N1CCOCC1. The Morgan fingerprint density at radius 1 is 0.974 bits per heavy atom. The van der Waals surface area contributed by atoms with Gasteiger partial charge in [0.2, 0.25) is 0 Å². The van der Waals surface area contributed by atoms with E-state index >= 15 is 0 Å². The lowest BCUT2D eigenvalue weighted by Crippen LogP contribution is -2.49. The van der Waals surface area contributed by atoms with Crippen LogP contribution in [0.4, 0.5) is 0 Å². The van der Waals surface area contributed by atoms with Crippen LogP contribution in [0.25, 0.3) is 11.1 Å². The quantitative estimate of drug-likeness (QED) is 0.195. The number of esters is 1. The first-order valence-corrected chi connectivity index (χ1v) is 14.1. The molecule has 2 aliphatic rings. The van der Waals surface area contributed by atoms with Crippen molar-refractivity contribution < 1.29 is 28.5 Å². The third-order valence-electron chi connectivity index (χ3n) is 7.48. The van der Waals surface area contributed by atoms with Crippen molar-refractivity contribution in [2.45, 2.75) is 50.9 Å². The van der Waals surface area contributed by atoms with Crippen LogP contribution in [0.3, 0.4) is 0 Å². The van der Waals surface area contributed by atoms with Crippen LogP contribution < -0.4 is 0 Å². The molecule has 0 spiro atoms. The van der Waals surface area contributed by atoms with Crippen LogP contribution in [-0.4, -0.2) is 75.4 Å². The van der Waals surface area contributed by atoms with E-state index < -0.39 is 0 Å². The summed E-state index contributed by atoms with van der Waals surface area (Å²) in [6.45, 7) is 4.07. The molecule has 1 saturated carbocycles. The smallest absolute Gasteiger partial charge is 0.306 e. The highest BCUT2D eigenvalue weighted by Gasteiger charge is 2.45. The van der Waals surface area contributed by atoms with E-state index in [1.54, 1.807) is 7.11 Å². The molecule has 210 valence electrons. The average Bonchev–Trinajstić information content (AvgIpc) is 3.29. The van der Waals surface area contributed by atoms with Gasteiger partial charge < -0.3 is 18.9 Å². The van der Waals surface area contributed by atoms with Crippen LogP contribution in [-0.2, 0) is 35.1 Å². The molecule has 7 heteroatoms. The largest absolute Gasteiger partial charge is 0.463 e. The molecule has 1 saturated heterocycles. The van der Waals surface area contributed by atoms with E-state index in [9.17, 15) is 9.59 Å². The van der Waals surface area contributed by atoms with Crippen LogP contribution in [0.5, 0.6) is 0 Å². The Bertz CT molecular complexity index is 1050. The van der Waals surface area contributed by atoms with E-state index in [4.69, 9.17) is 18.9 Å². The maximum Gasteiger partial charge on any atom is 0.306 e. The Morgan fingerprint density at radius 3 is 2.44 bits per heavy atom. The number of carbonyl (C=O) groups excluding carboxylic acids is 2. The molecule has 1 aliphatic carbocycles. The lowest BCUT2D eigenvalue weighted by atomic mass is 9.93. The first kappa shape index (κ1) is 29.2. The van der Waals surface area contributed by atoms with Gasteiger partial charge in [-0.25, -0.2) is 0 Å². The molecule has 2 aromatic carbocycles. The molecule has 0 radical (unpaired) electrons. The van der Waals surface area contributed by atoms with Crippen LogP contribution >= 0.6 is 0 Å². The van der Waals surface area contributed by atoms with Gasteiger partial charge >= 0.3 is 5.97 Å². The number of ether oxygens (including phenoxy) is 4. The number of allylic oxidation sites excluding steroid dienone is 2.